The number of furan rings is 1. The van der Waals surface area contributed by atoms with Crippen molar-refractivity contribution < 1.29 is 26.8 Å². The lowest BCUT2D eigenvalue weighted by molar-refractivity contribution is 0.0964. The number of benzene rings is 2. The van der Waals surface area contributed by atoms with Gasteiger partial charge in [-0.15, -0.1) is 0 Å². The van der Waals surface area contributed by atoms with E-state index in [1.54, 1.807) is 18.2 Å². The van der Waals surface area contributed by atoms with Gasteiger partial charge < -0.3 is 14.5 Å². The molecule has 0 saturated heterocycles. The van der Waals surface area contributed by atoms with Crippen molar-refractivity contribution in [3.8, 4) is 22.6 Å². The minimum atomic E-state index is -3.67. The minimum Gasteiger partial charge on any atom is -0.455 e. The van der Waals surface area contributed by atoms with Gasteiger partial charge >= 0.3 is 0 Å². The Kier molecular flexibility index (Phi) is 7.03. The number of carbonyl (C=O) groups is 1. The molecule has 8 nitrogen and oxygen atoms in total. The van der Waals surface area contributed by atoms with Crippen LogP contribution in [0, 0.1) is 5.82 Å². The van der Waals surface area contributed by atoms with Gasteiger partial charge in [0.2, 0.25) is 10.0 Å². The molecule has 0 aliphatic rings. The van der Waals surface area contributed by atoms with Crippen molar-refractivity contribution >= 4 is 44.2 Å². The summed E-state index contributed by atoms with van der Waals surface area (Å²) < 4.78 is 50.8. The number of fused-ring (bicyclic) bond motifs is 1. The summed E-state index contributed by atoms with van der Waals surface area (Å²) in [5.41, 5.74) is 2.71. The highest BCUT2D eigenvalue weighted by molar-refractivity contribution is 7.92. The van der Waals surface area contributed by atoms with Crippen LogP contribution in [-0.4, -0.2) is 46.8 Å². The predicted molar refractivity (Wildman–Crippen MR) is 137 cm³/mol. The van der Waals surface area contributed by atoms with E-state index in [1.807, 2.05) is 0 Å². The molecule has 0 fully saturated rings. The maximum atomic E-state index is 13.5. The number of pyridine rings is 1. The Morgan fingerprint density at radius 1 is 1.19 bits per heavy atom. The minimum absolute atomic E-state index is 0.202. The Morgan fingerprint density at radius 3 is 2.47 bits per heavy atom. The molecule has 2 heterocycles. The van der Waals surface area contributed by atoms with E-state index in [9.17, 15) is 17.6 Å². The number of carbonyl (C=O) groups excluding carboxylic acids is 1. The molecular formula is C25H23ClFN3O5S. The number of amides is 1. The lowest BCUT2D eigenvalue weighted by atomic mass is 10.0. The highest BCUT2D eigenvalue weighted by atomic mass is 35.5. The van der Waals surface area contributed by atoms with Crippen LogP contribution in [0.25, 0.3) is 33.6 Å². The molecule has 0 atom stereocenters. The first-order valence-electron chi connectivity index (χ1n) is 10.7. The Hall–Kier alpha value is -3.47. The monoisotopic (exact) mass is 531 g/mol. The molecule has 0 aliphatic carbocycles. The van der Waals surface area contributed by atoms with Crippen LogP contribution >= 0.6 is 11.6 Å². The molecule has 2 aromatic heterocycles. The average molecular weight is 532 g/mol. The second-order valence-electron chi connectivity index (χ2n) is 8.07. The summed E-state index contributed by atoms with van der Waals surface area (Å²) in [7, 11) is 0.755. The van der Waals surface area contributed by atoms with Gasteiger partial charge in [0, 0.05) is 49.3 Å². The van der Waals surface area contributed by atoms with E-state index < -0.39 is 21.7 Å². The molecule has 0 unspecified atom stereocenters. The first kappa shape index (κ1) is 25.6. The van der Waals surface area contributed by atoms with Gasteiger partial charge in [-0.3, -0.25) is 9.10 Å². The second kappa shape index (κ2) is 9.88. The molecule has 11 heteroatoms. The molecule has 188 valence electrons. The smallest absolute Gasteiger partial charge is 0.255 e. The fraction of sp³-hybridized carbons (Fsp3) is 0.200. The van der Waals surface area contributed by atoms with Crippen molar-refractivity contribution in [2.24, 2.45) is 0 Å². The zero-order valence-corrected chi connectivity index (χ0v) is 21.5. The molecule has 0 aliphatic heterocycles. The van der Waals surface area contributed by atoms with Gasteiger partial charge in [-0.25, -0.2) is 17.8 Å². The summed E-state index contributed by atoms with van der Waals surface area (Å²) in [4.78, 5) is 17.4. The van der Waals surface area contributed by atoms with E-state index in [4.69, 9.17) is 20.8 Å². The molecule has 36 heavy (non-hydrogen) atoms. The molecule has 0 radical (unpaired) electrons. The van der Waals surface area contributed by atoms with E-state index in [2.05, 4.69) is 10.3 Å². The number of hydrogen-bond acceptors (Lipinski definition) is 6. The lowest BCUT2D eigenvalue weighted by Crippen LogP contribution is -2.25. The summed E-state index contributed by atoms with van der Waals surface area (Å²) in [5, 5.41) is 3.23. The molecule has 0 bridgehead atoms. The molecule has 1 amide bonds. The van der Waals surface area contributed by atoms with Gasteiger partial charge in [0.05, 0.1) is 29.8 Å². The SMILES string of the molecule is CNC(=O)c1c(-c2ccc(F)cc2)oc2cc(N(C)S(C)(=O)=O)c(-c3ccc(COC)c(Cl)n3)cc12. The number of methoxy groups -OCH3 is 1. The van der Waals surface area contributed by atoms with Gasteiger partial charge in [-0.1, -0.05) is 17.7 Å². The van der Waals surface area contributed by atoms with E-state index in [0.29, 0.717) is 27.8 Å². The molecule has 1 N–H and O–H groups in total. The first-order valence-corrected chi connectivity index (χ1v) is 12.9. The number of rotatable bonds is 7. The number of sulfonamides is 1. The third-order valence-corrected chi connectivity index (χ3v) is 7.22. The molecule has 4 aromatic rings. The first-order chi connectivity index (χ1) is 17.0. The predicted octanol–water partition coefficient (Wildman–Crippen LogP) is 4.86. The average Bonchev–Trinajstić information content (AvgIpc) is 3.22. The highest BCUT2D eigenvalue weighted by Gasteiger charge is 2.26. The van der Waals surface area contributed by atoms with Gasteiger partial charge in [-0.05, 0) is 36.4 Å². The van der Waals surface area contributed by atoms with Gasteiger partial charge in [0.25, 0.3) is 5.91 Å². The maximum Gasteiger partial charge on any atom is 0.255 e. The lowest BCUT2D eigenvalue weighted by Gasteiger charge is -2.20. The van der Waals surface area contributed by atoms with Crippen LogP contribution in [0.4, 0.5) is 10.1 Å². The zero-order chi connectivity index (χ0) is 26.2. The standard InChI is InChI=1S/C25H23ClFN3O5S/c1-28-25(31)22-18-11-17(19-10-7-15(13-34-3)24(26)29-19)20(30(2)36(4,32)33)12-21(18)35-23(22)14-5-8-16(27)9-6-14/h5-12H,13H2,1-4H3,(H,28,31). The maximum absolute atomic E-state index is 13.5. The van der Waals surface area contributed by atoms with Crippen LogP contribution in [0.2, 0.25) is 5.15 Å². The van der Waals surface area contributed by atoms with E-state index >= 15 is 0 Å². The van der Waals surface area contributed by atoms with Crippen LogP contribution < -0.4 is 9.62 Å². The quantitative estimate of drug-likeness (QED) is 0.342. The molecular weight excluding hydrogens is 509 g/mol. The number of anilines is 1. The number of aromatic nitrogens is 1. The van der Waals surface area contributed by atoms with E-state index in [1.165, 1.54) is 51.5 Å². The van der Waals surface area contributed by atoms with Crippen LogP contribution in [0.15, 0.2) is 52.9 Å². The number of hydrogen-bond donors (Lipinski definition) is 1. The normalized spacial score (nSPS) is 11.6. The van der Waals surface area contributed by atoms with Crippen molar-refractivity contribution in [3.63, 3.8) is 0 Å². The van der Waals surface area contributed by atoms with Crippen molar-refractivity contribution in [1.82, 2.24) is 10.3 Å². The highest BCUT2D eigenvalue weighted by Crippen LogP contribution is 2.41. The third-order valence-electron chi connectivity index (χ3n) is 5.71. The Morgan fingerprint density at radius 2 is 1.89 bits per heavy atom. The van der Waals surface area contributed by atoms with Crippen LogP contribution in [0.1, 0.15) is 15.9 Å². The van der Waals surface area contributed by atoms with Crippen LogP contribution in [0.5, 0.6) is 0 Å². The van der Waals surface area contributed by atoms with Gasteiger partial charge in [0.15, 0.2) is 0 Å². The van der Waals surface area contributed by atoms with Crippen molar-refractivity contribution in [3.05, 3.63) is 70.6 Å². The van der Waals surface area contributed by atoms with E-state index in [-0.39, 0.29) is 34.4 Å². The number of nitrogens with zero attached hydrogens (tertiary/aromatic N) is 2. The van der Waals surface area contributed by atoms with Crippen molar-refractivity contribution in [1.29, 1.82) is 0 Å². The Bertz CT molecular complexity index is 1570. The molecule has 0 spiro atoms. The fourth-order valence-electron chi connectivity index (χ4n) is 3.81. The fourth-order valence-corrected chi connectivity index (χ4v) is 4.52. The Balaban J connectivity index is 2.05. The largest absolute Gasteiger partial charge is 0.455 e. The van der Waals surface area contributed by atoms with E-state index in [0.717, 1.165) is 10.6 Å². The summed E-state index contributed by atoms with van der Waals surface area (Å²) in [6.07, 6.45) is 1.07. The van der Waals surface area contributed by atoms with Crippen LogP contribution in [-0.2, 0) is 21.4 Å². The summed E-state index contributed by atoms with van der Waals surface area (Å²) in [6.45, 7) is 0.255. The summed E-state index contributed by atoms with van der Waals surface area (Å²) in [6, 6.07) is 12.1. The summed E-state index contributed by atoms with van der Waals surface area (Å²) >= 11 is 6.36. The van der Waals surface area contributed by atoms with Gasteiger partial charge in [-0.2, -0.15) is 0 Å². The summed E-state index contributed by atoms with van der Waals surface area (Å²) in [5.74, 6) is -0.642. The number of nitrogens with one attached hydrogen (secondary N) is 1. The number of ether oxygens (including phenoxy) is 1. The molecule has 4 rings (SSSR count). The zero-order valence-electron chi connectivity index (χ0n) is 19.9. The van der Waals surface area contributed by atoms with Crippen LogP contribution in [0.3, 0.4) is 0 Å². The Labute approximate surface area is 212 Å². The molecule has 0 saturated carbocycles. The van der Waals surface area contributed by atoms with Crippen molar-refractivity contribution in [2.45, 2.75) is 6.61 Å². The number of halogens is 2. The van der Waals surface area contributed by atoms with Crippen molar-refractivity contribution in [2.75, 3.05) is 31.8 Å². The topological polar surface area (TPSA) is 102 Å². The third kappa shape index (κ3) is 4.79. The van der Waals surface area contributed by atoms with Gasteiger partial charge in [0.1, 0.15) is 22.3 Å². The molecule has 2 aromatic carbocycles. The second-order valence-corrected chi connectivity index (χ2v) is 10.4.